The van der Waals surface area contributed by atoms with E-state index in [4.69, 9.17) is 21.1 Å². The Kier molecular flexibility index (Phi) is 4.42. The van der Waals surface area contributed by atoms with E-state index in [1.54, 1.807) is 12.1 Å². The normalized spacial score (nSPS) is 9.87. The monoisotopic (exact) mass is 292 g/mol. The molecule has 3 nitrogen and oxygen atoms in total. The maximum absolute atomic E-state index is 11.5. The fraction of sp³-hybridized carbons (Fsp3) is 0.300. The van der Waals surface area contributed by atoms with E-state index in [1.165, 1.54) is 14.2 Å². The second kappa shape index (κ2) is 5.37. The number of Topliss-reactive ketones (excluding diaryl/α,β-unsaturated/α-hetero) is 1. The fourth-order valence-corrected chi connectivity index (χ4v) is 1.70. The Labute approximate surface area is 101 Å². The van der Waals surface area contributed by atoms with E-state index in [-0.39, 0.29) is 11.1 Å². The number of halogens is 2. The van der Waals surface area contributed by atoms with Crippen molar-refractivity contribution >= 4 is 33.3 Å². The molecule has 0 atom stereocenters. The summed E-state index contributed by atoms with van der Waals surface area (Å²) in [5, 5.41) is 0.583. The van der Waals surface area contributed by atoms with Crippen molar-refractivity contribution in [3.8, 4) is 11.5 Å². The molecule has 82 valence electrons. The van der Waals surface area contributed by atoms with Crippen LogP contribution < -0.4 is 9.47 Å². The van der Waals surface area contributed by atoms with Crippen LogP contribution in [0.5, 0.6) is 11.5 Å². The van der Waals surface area contributed by atoms with Crippen molar-refractivity contribution in [1.29, 1.82) is 0 Å². The van der Waals surface area contributed by atoms with Gasteiger partial charge in [-0.05, 0) is 6.07 Å². The Morgan fingerprint density at radius 1 is 1.33 bits per heavy atom. The molecule has 1 rings (SSSR count). The van der Waals surface area contributed by atoms with E-state index in [9.17, 15) is 4.79 Å². The van der Waals surface area contributed by atoms with Crippen molar-refractivity contribution in [2.75, 3.05) is 19.5 Å². The molecule has 0 aliphatic heterocycles. The van der Waals surface area contributed by atoms with Gasteiger partial charge in [0.1, 0.15) is 0 Å². The minimum atomic E-state index is -0.0963. The summed E-state index contributed by atoms with van der Waals surface area (Å²) in [5.74, 6) is 0.903. The Morgan fingerprint density at radius 3 is 2.33 bits per heavy atom. The Morgan fingerprint density at radius 2 is 1.87 bits per heavy atom. The van der Waals surface area contributed by atoms with Crippen LogP contribution in [0.3, 0.4) is 0 Å². The number of benzene rings is 1. The topological polar surface area (TPSA) is 35.5 Å². The number of hydrogen-bond donors (Lipinski definition) is 0. The zero-order valence-electron chi connectivity index (χ0n) is 8.34. The molecule has 0 amide bonds. The quantitative estimate of drug-likeness (QED) is 0.632. The lowest BCUT2D eigenvalue weighted by Gasteiger charge is -2.10. The first kappa shape index (κ1) is 12.3. The van der Waals surface area contributed by atoms with Crippen LogP contribution in [0, 0.1) is 0 Å². The molecule has 0 aliphatic carbocycles. The van der Waals surface area contributed by atoms with Crippen molar-refractivity contribution < 1.29 is 14.3 Å². The molecular weight excluding hydrogens is 283 g/mol. The number of ether oxygens (including phenoxy) is 2. The maximum atomic E-state index is 11.5. The summed E-state index contributed by atoms with van der Waals surface area (Å²) in [5.41, 5.74) is 0.422. The lowest BCUT2D eigenvalue weighted by molar-refractivity contribution is 0.102. The van der Waals surface area contributed by atoms with Gasteiger partial charge >= 0.3 is 0 Å². The summed E-state index contributed by atoms with van der Waals surface area (Å²) >= 11 is 9.02. The van der Waals surface area contributed by atoms with Crippen molar-refractivity contribution in [3.05, 3.63) is 22.7 Å². The first-order valence-corrected chi connectivity index (χ1v) is 5.64. The van der Waals surface area contributed by atoms with E-state index in [2.05, 4.69) is 15.9 Å². The van der Waals surface area contributed by atoms with Crippen molar-refractivity contribution in [2.24, 2.45) is 0 Å². The van der Waals surface area contributed by atoms with Crippen LogP contribution in [0.2, 0.25) is 5.02 Å². The highest BCUT2D eigenvalue weighted by Gasteiger charge is 2.14. The summed E-state index contributed by atoms with van der Waals surface area (Å²) in [6.45, 7) is 0. The van der Waals surface area contributed by atoms with Gasteiger partial charge in [0, 0.05) is 11.6 Å². The van der Waals surface area contributed by atoms with E-state index in [0.717, 1.165) is 0 Å². The van der Waals surface area contributed by atoms with Gasteiger partial charge in [-0.1, -0.05) is 27.5 Å². The van der Waals surface area contributed by atoms with E-state index < -0.39 is 0 Å². The van der Waals surface area contributed by atoms with Gasteiger partial charge in [0.15, 0.2) is 17.3 Å². The van der Waals surface area contributed by atoms with Gasteiger partial charge in [-0.25, -0.2) is 0 Å². The predicted octanol–water partition coefficient (Wildman–Crippen LogP) is 2.93. The summed E-state index contributed by atoms with van der Waals surface area (Å²) in [6, 6.07) is 3.14. The molecule has 15 heavy (non-hydrogen) atoms. The minimum Gasteiger partial charge on any atom is -0.493 e. The molecule has 0 aromatic heterocycles. The SMILES string of the molecule is COc1cc(Cl)c(C(=O)CBr)cc1OC. The maximum Gasteiger partial charge on any atom is 0.175 e. The van der Waals surface area contributed by atoms with Gasteiger partial charge in [0.05, 0.1) is 24.6 Å². The van der Waals surface area contributed by atoms with E-state index >= 15 is 0 Å². The molecule has 1 aromatic carbocycles. The number of alkyl halides is 1. The van der Waals surface area contributed by atoms with Crippen LogP contribution in [0.25, 0.3) is 0 Å². The number of carbonyl (C=O) groups excluding carboxylic acids is 1. The molecule has 0 saturated carbocycles. The molecule has 0 fully saturated rings. The third-order valence-corrected chi connectivity index (χ3v) is 2.72. The molecule has 0 heterocycles. The summed E-state index contributed by atoms with van der Waals surface area (Å²) < 4.78 is 10.1. The van der Waals surface area contributed by atoms with Gasteiger partial charge in [-0.15, -0.1) is 0 Å². The Hall–Kier alpha value is -0.740. The smallest absolute Gasteiger partial charge is 0.175 e. The third-order valence-electron chi connectivity index (χ3n) is 1.90. The minimum absolute atomic E-state index is 0.0963. The van der Waals surface area contributed by atoms with Crippen molar-refractivity contribution in [3.63, 3.8) is 0 Å². The lowest BCUT2D eigenvalue weighted by atomic mass is 10.1. The van der Waals surface area contributed by atoms with Gasteiger partial charge in [-0.3, -0.25) is 4.79 Å². The molecule has 0 radical (unpaired) electrons. The third kappa shape index (κ3) is 2.63. The van der Waals surface area contributed by atoms with Crippen molar-refractivity contribution in [2.45, 2.75) is 0 Å². The van der Waals surface area contributed by atoms with Crippen LogP contribution in [0.15, 0.2) is 12.1 Å². The van der Waals surface area contributed by atoms with Crippen LogP contribution in [-0.2, 0) is 0 Å². The van der Waals surface area contributed by atoms with Crippen LogP contribution >= 0.6 is 27.5 Å². The predicted molar refractivity (Wildman–Crippen MR) is 62.7 cm³/mol. The molecule has 0 spiro atoms. The second-order valence-corrected chi connectivity index (χ2v) is 3.71. The van der Waals surface area contributed by atoms with Gasteiger partial charge < -0.3 is 9.47 Å². The number of rotatable bonds is 4. The van der Waals surface area contributed by atoms with Crippen molar-refractivity contribution in [1.82, 2.24) is 0 Å². The first-order valence-electron chi connectivity index (χ1n) is 4.14. The average Bonchev–Trinajstić information content (AvgIpc) is 2.27. The highest BCUT2D eigenvalue weighted by Crippen LogP contribution is 2.33. The van der Waals surface area contributed by atoms with E-state index in [1.807, 2.05) is 0 Å². The summed E-state index contributed by atoms with van der Waals surface area (Å²) in [7, 11) is 3.02. The number of methoxy groups -OCH3 is 2. The first-order chi connectivity index (χ1) is 7.13. The summed E-state index contributed by atoms with van der Waals surface area (Å²) in [6.07, 6.45) is 0. The highest BCUT2D eigenvalue weighted by molar-refractivity contribution is 9.09. The number of ketones is 1. The van der Waals surface area contributed by atoms with Crippen LogP contribution in [0.1, 0.15) is 10.4 Å². The fourth-order valence-electron chi connectivity index (χ4n) is 1.14. The molecule has 0 N–H and O–H groups in total. The van der Waals surface area contributed by atoms with E-state index in [0.29, 0.717) is 22.1 Å². The van der Waals surface area contributed by atoms with Gasteiger partial charge in [0.25, 0.3) is 0 Å². The van der Waals surface area contributed by atoms with Gasteiger partial charge in [0.2, 0.25) is 0 Å². The molecule has 0 unspecified atom stereocenters. The Balaban J connectivity index is 3.25. The highest BCUT2D eigenvalue weighted by atomic mass is 79.9. The molecule has 0 bridgehead atoms. The average molecular weight is 294 g/mol. The Bertz CT molecular complexity index is 379. The lowest BCUT2D eigenvalue weighted by Crippen LogP contribution is -2.02. The number of carbonyl (C=O) groups is 1. The zero-order valence-corrected chi connectivity index (χ0v) is 10.7. The largest absolute Gasteiger partial charge is 0.493 e. The standard InChI is InChI=1S/C10H10BrClO3/c1-14-9-3-6(8(13)5-11)7(12)4-10(9)15-2/h3-4H,5H2,1-2H3. The molecular formula is C10H10BrClO3. The molecule has 5 heteroatoms. The second-order valence-electron chi connectivity index (χ2n) is 2.74. The van der Waals surface area contributed by atoms with Crippen LogP contribution in [0.4, 0.5) is 0 Å². The molecule has 0 saturated heterocycles. The van der Waals surface area contributed by atoms with Crippen LogP contribution in [-0.4, -0.2) is 25.3 Å². The summed E-state index contributed by atoms with van der Waals surface area (Å²) in [4.78, 5) is 11.5. The molecule has 0 aliphatic rings. The number of hydrogen-bond acceptors (Lipinski definition) is 3. The zero-order chi connectivity index (χ0) is 11.4. The van der Waals surface area contributed by atoms with Gasteiger partial charge in [-0.2, -0.15) is 0 Å². The molecule has 1 aromatic rings.